The van der Waals surface area contributed by atoms with Crippen LogP contribution in [-0.4, -0.2) is 21.9 Å². The van der Waals surface area contributed by atoms with E-state index in [0.717, 1.165) is 12.1 Å². The zero-order valence-electron chi connectivity index (χ0n) is 11.3. The van der Waals surface area contributed by atoms with Gasteiger partial charge in [0.2, 0.25) is 5.91 Å². The Morgan fingerprint density at radius 2 is 2.22 bits per heavy atom. The lowest BCUT2D eigenvalue weighted by Gasteiger charge is -2.22. The summed E-state index contributed by atoms with van der Waals surface area (Å²) >= 11 is 0. The second-order valence-electron chi connectivity index (χ2n) is 5.71. The topological polar surface area (TPSA) is 80.9 Å². The molecule has 1 aromatic rings. The quantitative estimate of drug-likeness (QED) is 0.824. The van der Waals surface area contributed by atoms with Crippen LogP contribution in [0.15, 0.2) is 18.6 Å². The van der Waals surface area contributed by atoms with Crippen molar-refractivity contribution in [3.05, 3.63) is 24.3 Å². The van der Waals surface area contributed by atoms with Crippen molar-refractivity contribution < 1.29 is 4.79 Å². The molecular formula is C13H22N4O. The van der Waals surface area contributed by atoms with Gasteiger partial charge in [0.15, 0.2) is 0 Å². The molecule has 0 aliphatic heterocycles. The van der Waals surface area contributed by atoms with Crippen molar-refractivity contribution in [2.75, 3.05) is 0 Å². The summed E-state index contributed by atoms with van der Waals surface area (Å²) in [4.78, 5) is 19.5. The number of amides is 1. The van der Waals surface area contributed by atoms with Gasteiger partial charge >= 0.3 is 0 Å². The van der Waals surface area contributed by atoms with Crippen molar-refractivity contribution in [3.63, 3.8) is 0 Å². The molecule has 1 aromatic heterocycles. The number of nitrogens with one attached hydrogen (secondary N) is 1. The Morgan fingerprint density at radius 1 is 1.50 bits per heavy atom. The van der Waals surface area contributed by atoms with Crippen molar-refractivity contribution in [2.24, 2.45) is 11.1 Å². The van der Waals surface area contributed by atoms with Crippen LogP contribution in [0.2, 0.25) is 0 Å². The molecule has 0 aliphatic rings. The summed E-state index contributed by atoms with van der Waals surface area (Å²) < 4.78 is 0. The molecule has 1 rings (SSSR count). The van der Waals surface area contributed by atoms with E-state index in [-0.39, 0.29) is 17.4 Å². The maximum Gasteiger partial charge on any atom is 0.221 e. The van der Waals surface area contributed by atoms with Crippen LogP contribution >= 0.6 is 0 Å². The summed E-state index contributed by atoms with van der Waals surface area (Å²) in [6, 6.07) is 1.67. The van der Waals surface area contributed by atoms with Gasteiger partial charge in [-0.15, -0.1) is 0 Å². The molecule has 0 spiro atoms. The smallest absolute Gasteiger partial charge is 0.221 e. The first kappa shape index (κ1) is 14.6. The molecule has 0 aliphatic carbocycles. The van der Waals surface area contributed by atoms with Crippen molar-refractivity contribution in [2.45, 2.75) is 46.2 Å². The van der Waals surface area contributed by atoms with Crippen LogP contribution in [0.3, 0.4) is 0 Å². The minimum Gasteiger partial charge on any atom is -0.350 e. The molecular weight excluding hydrogens is 228 g/mol. The highest BCUT2D eigenvalue weighted by Gasteiger charge is 2.17. The number of hydrogen-bond donors (Lipinski definition) is 2. The van der Waals surface area contributed by atoms with Crippen LogP contribution in [-0.2, 0) is 11.3 Å². The molecule has 1 unspecified atom stereocenters. The molecule has 0 bridgehead atoms. The van der Waals surface area contributed by atoms with Gasteiger partial charge in [-0.2, -0.15) is 0 Å². The molecule has 100 valence electrons. The SMILES string of the molecule is CC(C)(C)CC(N)CC(=O)NCc1ccncn1. The molecule has 1 heterocycles. The highest BCUT2D eigenvalue weighted by molar-refractivity contribution is 5.76. The van der Waals surface area contributed by atoms with Crippen LogP contribution in [0, 0.1) is 5.41 Å². The second-order valence-corrected chi connectivity index (χ2v) is 5.71. The van der Waals surface area contributed by atoms with Gasteiger partial charge in [0.05, 0.1) is 12.2 Å². The molecule has 1 atom stereocenters. The molecule has 18 heavy (non-hydrogen) atoms. The first-order chi connectivity index (χ1) is 8.37. The lowest BCUT2D eigenvalue weighted by Crippen LogP contribution is -2.34. The number of nitrogens with zero attached hydrogens (tertiary/aromatic N) is 2. The van der Waals surface area contributed by atoms with Crippen LogP contribution in [0.25, 0.3) is 0 Å². The van der Waals surface area contributed by atoms with E-state index in [1.165, 1.54) is 6.33 Å². The van der Waals surface area contributed by atoms with Gasteiger partial charge < -0.3 is 11.1 Å². The zero-order chi connectivity index (χ0) is 13.6. The van der Waals surface area contributed by atoms with Gasteiger partial charge in [0.25, 0.3) is 0 Å². The standard InChI is InChI=1S/C13H22N4O/c1-13(2,3)7-10(14)6-12(18)16-8-11-4-5-15-9-17-11/h4-5,9-10H,6-8,14H2,1-3H3,(H,16,18). The maximum atomic E-state index is 11.7. The number of nitrogens with two attached hydrogens (primary N) is 1. The van der Waals surface area contributed by atoms with E-state index in [0.29, 0.717) is 13.0 Å². The molecule has 5 nitrogen and oxygen atoms in total. The third-order valence-corrected chi connectivity index (χ3v) is 2.43. The van der Waals surface area contributed by atoms with Gasteiger partial charge in [-0.1, -0.05) is 20.8 Å². The maximum absolute atomic E-state index is 11.7. The number of aromatic nitrogens is 2. The van der Waals surface area contributed by atoms with E-state index < -0.39 is 0 Å². The predicted octanol–water partition coefficient (Wildman–Crippen LogP) is 1.25. The van der Waals surface area contributed by atoms with Gasteiger partial charge in [-0.25, -0.2) is 9.97 Å². The highest BCUT2D eigenvalue weighted by Crippen LogP contribution is 2.20. The summed E-state index contributed by atoms with van der Waals surface area (Å²) in [5, 5.41) is 2.81. The van der Waals surface area contributed by atoms with Crippen LogP contribution < -0.4 is 11.1 Å². The summed E-state index contributed by atoms with van der Waals surface area (Å²) in [6.07, 6.45) is 4.29. The highest BCUT2D eigenvalue weighted by atomic mass is 16.1. The Hall–Kier alpha value is -1.49. The minimum atomic E-state index is -0.101. The average molecular weight is 250 g/mol. The summed E-state index contributed by atoms with van der Waals surface area (Å²) in [7, 11) is 0. The third kappa shape index (κ3) is 6.30. The van der Waals surface area contributed by atoms with Crippen molar-refractivity contribution in [1.82, 2.24) is 15.3 Å². The molecule has 0 fully saturated rings. The second kappa shape index (κ2) is 6.44. The number of carbonyl (C=O) groups is 1. The molecule has 1 amide bonds. The molecule has 0 saturated carbocycles. The fourth-order valence-electron chi connectivity index (χ4n) is 1.78. The Morgan fingerprint density at radius 3 is 2.78 bits per heavy atom. The molecule has 0 aromatic carbocycles. The van der Waals surface area contributed by atoms with E-state index in [1.807, 2.05) is 0 Å². The number of carbonyl (C=O) groups excluding carboxylic acids is 1. The zero-order valence-corrected chi connectivity index (χ0v) is 11.3. The molecule has 0 radical (unpaired) electrons. The first-order valence-corrected chi connectivity index (χ1v) is 6.14. The van der Waals surface area contributed by atoms with Gasteiger partial charge in [-0.05, 0) is 17.9 Å². The minimum absolute atomic E-state index is 0.0367. The van der Waals surface area contributed by atoms with E-state index in [9.17, 15) is 4.79 Å². The molecule has 0 saturated heterocycles. The number of hydrogen-bond acceptors (Lipinski definition) is 4. The van der Waals surface area contributed by atoms with Crippen molar-refractivity contribution >= 4 is 5.91 Å². The largest absolute Gasteiger partial charge is 0.350 e. The van der Waals surface area contributed by atoms with Gasteiger partial charge in [0, 0.05) is 18.7 Å². The Bertz CT molecular complexity index is 372. The monoisotopic (exact) mass is 250 g/mol. The fourth-order valence-corrected chi connectivity index (χ4v) is 1.78. The van der Waals surface area contributed by atoms with E-state index in [4.69, 9.17) is 5.73 Å². The van der Waals surface area contributed by atoms with Crippen molar-refractivity contribution in [1.29, 1.82) is 0 Å². The number of rotatable bonds is 5. The fraction of sp³-hybridized carbons (Fsp3) is 0.615. The van der Waals surface area contributed by atoms with E-state index >= 15 is 0 Å². The van der Waals surface area contributed by atoms with Crippen LogP contribution in [0.1, 0.15) is 39.3 Å². The summed E-state index contributed by atoms with van der Waals surface area (Å²) in [5.74, 6) is -0.0367. The average Bonchev–Trinajstić information content (AvgIpc) is 2.25. The van der Waals surface area contributed by atoms with E-state index in [2.05, 4.69) is 36.1 Å². The molecule has 3 N–H and O–H groups in total. The Kier molecular flexibility index (Phi) is 5.22. The summed E-state index contributed by atoms with van der Waals surface area (Å²) in [6.45, 7) is 6.77. The normalized spacial score (nSPS) is 13.1. The molecule has 5 heteroatoms. The third-order valence-electron chi connectivity index (χ3n) is 2.43. The van der Waals surface area contributed by atoms with Crippen molar-refractivity contribution in [3.8, 4) is 0 Å². The van der Waals surface area contributed by atoms with Gasteiger partial charge in [0.1, 0.15) is 6.33 Å². The van der Waals surface area contributed by atoms with Crippen LogP contribution in [0.5, 0.6) is 0 Å². The van der Waals surface area contributed by atoms with E-state index in [1.54, 1.807) is 12.3 Å². The van der Waals surface area contributed by atoms with Crippen LogP contribution in [0.4, 0.5) is 0 Å². The predicted molar refractivity (Wildman–Crippen MR) is 70.5 cm³/mol. The lowest BCUT2D eigenvalue weighted by molar-refractivity contribution is -0.121. The lowest BCUT2D eigenvalue weighted by atomic mass is 9.87. The Balaban J connectivity index is 2.30. The Labute approximate surface area is 108 Å². The first-order valence-electron chi connectivity index (χ1n) is 6.14. The van der Waals surface area contributed by atoms with Gasteiger partial charge in [-0.3, -0.25) is 4.79 Å². The summed E-state index contributed by atoms with van der Waals surface area (Å²) in [5.41, 5.74) is 6.88.